The number of nitrogens with one attached hydrogen (secondary N) is 1. The molecule has 1 aliphatic rings. The number of rotatable bonds is 3. The summed E-state index contributed by atoms with van der Waals surface area (Å²) in [6.45, 7) is 2.27. The van der Waals surface area contributed by atoms with E-state index in [4.69, 9.17) is 9.52 Å². The van der Waals surface area contributed by atoms with Gasteiger partial charge in [0.05, 0.1) is 0 Å². The lowest BCUT2D eigenvalue weighted by Gasteiger charge is -2.14. The van der Waals surface area contributed by atoms with Crippen LogP contribution in [0.5, 0.6) is 0 Å². The second-order valence-electron chi connectivity index (χ2n) is 4.80. The molecule has 0 amide bonds. The van der Waals surface area contributed by atoms with Crippen molar-refractivity contribution in [1.29, 1.82) is 0 Å². The Labute approximate surface area is 100 Å². The molecule has 1 fully saturated rings. The van der Waals surface area contributed by atoms with Gasteiger partial charge in [-0.25, -0.2) is 4.79 Å². The molecule has 2 atom stereocenters. The van der Waals surface area contributed by atoms with Gasteiger partial charge in [0.1, 0.15) is 6.26 Å². The fraction of sp³-hybridized carbons (Fsp3) is 0.667. The molecule has 5 heteroatoms. The van der Waals surface area contributed by atoms with E-state index < -0.39 is 5.97 Å². The lowest BCUT2D eigenvalue weighted by Crippen LogP contribution is -2.18. The molecular formula is C12H18N2O3. The van der Waals surface area contributed by atoms with Crippen LogP contribution in [0.3, 0.4) is 0 Å². The van der Waals surface area contributed by atoms with Crippen molar-refractivity contribution in [2.24, 2.45) is 5.92 Å². The van der Waals surface area contributed by atoms with Crippen molar-refractivity contribution < 1.29 is 14.3 Å². The Morgan fingerprint density at radius 1 is 1.47 bits per heavy atom. The van der Waals surface area contributed by atoms with Gasteiger partial charge in [-0.3, -0.25) is 0 Å². The third-order valence-corrected chi connectivity index (χ3v) is 3.31. The first-order valence-corrected chi connectivity index (χ1v) is 6.10. The lowest BCUT2D eigenvalue weighted by atomic mass is 10.0. The Morgan fingerprint density at radius 2 is 2.29 bits per heavy atom. The van der Waals surface area contributed by atoms with Gasteiger partial charge >= 0.3 is 5.97 Å². The summed E-state index contributed by atoms with van der Waals surface area (Å²) in [6, 6.07) is 0.669. The molecule has 5 nitrogen and oxygen atoms in total. The monoisotopic (exact) mass is 238 g/mol. The van der Waals surface area contributed by atoms with Crippen LogP contribution in [0.2, 0.25) is 0 Å². The summed E-state index contributed by atoms with van der Waals surface area (Å²) in [5.74, 6) is -0.280. The average molecular weight is 238 g/mol. The van der Waals surface area contributed by atoms with Crippen molar-refractivity contribution >= 4 is 12.0 Å². The van der Waals surface area contributed by atoms with Crippen LogP contribution in [-0.4, -0.2) is 22.1 Å². The van der Waals surface area contributed by atoms with Crippen LogP contribution in [0.15, 0.2) is 10.7 Å². The maximum Gasteiger partial charge on any atom is 0.357 e. The third-order valence-electron chi connectivity index (χ3n) is 3.31. The van der Waals surface area contributed by atoms with Gasteiger partial charge in [-0.05, 0) is 25.2 Å². The first kappa shape index (κ1) is 12.0. The minimum Gasteiger partial charge on any atom is -0.476 e. The van der Waals surface area contributed by atoms with Gasteiger partial charge in [-0.1, -0.05) is 19.8 Å². The smallest absolute Gasteiger partial charge is 0.357 e. The Hall–Kier alpha value is -1.52. The summed E-state index contributed by atoms with van der Waals surface area (Å²) < 4.78 is 5.09. The van der Waals surface area contributed by atoms with Gasteiger partial charge in [-0.2, -0.15) is 4.98 Å². The third kappa shape index (κ3) is 3.22. The van der Waals surface area contributed by atoms with E-state index in [1.165, 1.54) is 25.5 Å². The zero-order valence-corrected chi connectivity index (χ0v) is 9.98. The van der Waals surface area contributed by atoms with Crippen LogP contribution in [0.4, 0.5) is 6.01 Å². The normalized spacial score (nSPS) is 25.2. The molecule has 0 aromatic carbocycles. The fourth-order valence-electron chi connectivity index (χ4n) is 2.24. The van der Waals surface area contributed by atoms with E-state index in [0.29, 0.717) is 12.1 Å². The maximum atomic E-state index is 10.7. The summed E-state index contributed by atoms with van der Waals surface area (Å²) in [4.78, 5) is 14.5. The van der Waals surface area contributed by atoms with Gasteiger partial charge in [0, 0.05) is 6.04 Å². The van der Waals surface area contributed by atoms with Crippen LogP contribution < -0.4 is 5.32 Å². The van der Waals surface area contributed by atoms with Crippen LogP contribution >= 0.6 is 0 Å². The van der Waals surface area contributed by atoms with Crippen molar-refractivity contribution in [2.75, 3.05) is 5.32 Å². The molecule has 0 saturated heterocycles. The van der Waals surface area contributed by atoms with Crippen LogP contribution in [0.25, 0.3) is 0 Å². The summed E-state index contributed by atoms with van der Waals surface area (Å²) in [5, 5.41) is 11.9. The second kappa shape index (κ2) is 5.21. The number of hydrogen-bond acceptors (Lipinski definition) is 4. The van der Waals surface area contributed by atoms with E-state index >= 15 is 0 Å². The SMILES string of the molecule is CC1CCCC(Nc2nc(C(=O)O)co2)CC1. The Kier molecular flexibility index (Phi) is 3.66. The fourth-order valence-corrected chi connectivity index (χ4v) is 2.24. The Bertz CT molecular complexity index is 389. The average Bonchev–Trinajstić information content (AvgIpc) is 2.65. The minimum atomic E-state index is -1.06. The topological polar surface area (TPSA) is 75.4 Å². The zero-order chi connectivity index (χ0) is 12.3. The first-order chi connectivity index (χ1) is 8.15. The number of carboxylic acid groups (broad SMARTS) is 1. The molecule has 1 heterocycles. The number of nitrogens with zero attached hydrogens (tertiary/aromatic N) is 1. The summed E-state index contributed by atoms with van der Waals surface area (Å²) in [6.07, 6.45) is 7.02. The number of oxazole rings is 1. The van der Waals surface area contributed by atoms with Gasteiger partial charge in [0.25, 0.3) is 6.01 Å². The number of carbonyl (C=O) groups is 1. The van der Waals surface area contributed by atoms with Gasteiger partial charge < -0.3 is 14.8 Å². The van der Waals surface area contributed by atoms with E-state index in [1.807, 2.05) is 0 Å². The van der Waals surface area contributed by atoms with Crippen molar-refractivity contribution in [3.05, 3.63) is 12.0 Å². The summed E-state index contributed by atoms with van der Waals surface area (Å²) in [5.41, 5.74) is -0.0468. The minimum absolute atomic E-state index is 0.0468. The molecule has 2 N–H and O–H groups in total. The number of hydrogen-bond donors (Lipinski definition) is 2. The van der Waals surface area contributed by atoms with Crippen LogP contribution in [-0.2, 0) is 0 Å². The lowest BCUT2D eigenvalue weighted by molar-refractivity contribution is 0.0690. The highest BCUT2D eigenvalue weighted by molar-refractivity contribution is 5.85. The molecule has 0 bridgehead atoms. The Morgan fingerprint density at radius 3 is 3.00 bits per heavy atom. The molecule has 0 radical (unpaired) electrons. The molecule has 17 heavy (non-hydrogen) atoms. The van der Waals surface area contributed by atoms with Gasteiger partial charge in [0.15, 0.2) is 5.69 Å². The quantitative estimate of drug-likeness (QED) is 0.792. The summed E-state index contributed by atoms with van der Waals surface area (Å²) in [7, 11) is 0. The number of aromatic carboxylic acids is 1. The number of anilines is 1. The van der Waals surface area contributed by atoms with E-state index in [0.717, 1.165) is 18.8 Å². The molecule has 2 unspecified atom stereocenters. The summed E-state index contributed by atoms with van der Waals surface area (Å²) >= 11 is 0. The standard InChI is InChI=1S/C12H18N2O3/c1-8-3-2-4-9(6-5-8)13-12-14-10(7-17-12)11(15)16/h7-9H,2-6H2,1H3,(H,13,14)(H,15,16). The van der Waals surface area contributed by atoms with E-state index in [2.05, 4.69) is 17.2 Å². The van der Waals surface area contributed by atoms with Crippen molar-refractivity contribution in [2.45, 2.75) is 45.1 Å². The van der Waals surface area contributed by atoms with E-state index in [1.54, 1.807) is 0 Å². The number of aromatic nitrogens is 1. The highest BCUT2D eigenvalue weighted by Crippen LogP contribution is 2.24. The largest absolute Gasteiger partial charge is 0.476 e. The van der Waals surface area contributed by atoms with Crippen LogP contribution in [0, 0.1) is 5.92 Å². The molecule has 1 saturated carbocycles. The van der Waals surface area contributed by atoms with Crippen LogP contribution in [0.1, 0.15) is 49.5 Å². The van der Waals surface area contributed by atoms with E-state index in [9.17, 15) is 4.79 Å². The molecule has 94 valence electrons. The molecule has 1 aliphatic carbocycles. The first-order valence-electron chi connectivity index (χ1n) is 6.10. The maximum absolute atomic E-state index is 10.7. The second-order valence-corrected chi connectivity index (χ2v) is 4.80. The van der Waals surface area contributed by atoms with Crippen molar-refractivity contribution in [1.82, 2.24) is 4.98 Å². The highest BCUT2D eigenvalue weighted by Gasteiger charge is 2.18. The molecule has 1 aromatic heterocycles. The number of carboxylic acids is 1. The predicted molar refractivity (Wildman–Crippen MR) is 63.1 cm³/mol. The molecule has 2 rings (SSSR count). The molecule has 0 aliphatic heterocycles. The molecular weight excluding hydrogens is 220 g/mol. The molecule has 1 aromatic rings. The molecule has 0 spiro atoms. The highest BCUT2D eigenvalue weighted by atomic mass is 16.4. The van der Waals surface area contributed by atoms with Crippen molar-refractivity contribution in [3.8, 4) is 0 Å². The van der Waals surface area contributed by atoms with Crippen molar-refractivity contribution in [3.63, 3.8) is 0 Å². The van der Waals surface area contributed by atoms with E-state index in [-0.39, 0.29) is 5.69 Å². The zero-order valence-electron chi connectivity index (χ0n) is 9.98. The Balaban J connectivity index is 1.93. The predicted octanol–water partition coefficient (Wildman–Crippen LogP) is 2.75. The van der Waals surface area contributed by atoms with Gasteiger partial charge in [-0.15, -0.1) is 0 Å². The van der Waals surface area contributed by atoms with Gasteiger partial charge in [0.2, 0.25) is 0 Å².